The lowest BCUT2D eigenvalue weighted by atomic mass is 10.1. The number of nitrogens with one attached hydrogen (secondary N) is 2. The summed E-state index contributed by atoms with van der Waals surface area (Å²) < 4.78 is 2.26. The topological polar surface area (TPSA) is 77.8 Å². The van der Waals surface area contributed by atoms with Gasteiger partial charge in [0, 0.05) is 17.1 Å². The number of nitrogens with zero attached hydrogens (tertiary/aromatic N) is 5. The monoisotopic (exact) mass is 595 g/mol. The average molecular weight is 596 g/mol. The second kappa shape index (κ2) is 12.2. The van der Waals surface area contributed by atoms with E-state index in [9.17, 15) is 0 Å². The highest BCUT2D eigenvalue weighted by Gasteiger charge is 2.12. The molecule has 0 aliphatic rings. The van der Waals surface area contributed by atoms with Crippen LogP contribution < -0.4 is 15.8 Å². The minimum atomic E-state index is 0.769. The summed E-state index contributed by atoms with van der Waals surface area (Å²) in [4.78, 5) is 11.4. The molecule has 7 aromatic rings. The number of aromatic nitrogens is 2. The molecule has 9 heteroatoms. The maximum Gasteiger partial charge on any atom is 0.204 e. The Labute approximate surface area is 256 Å². The van der Waals surface area contributed by atoms with Crippen molar-refractivity contribution >= 4 is 82.9 Å². The number of fused-ring (bicyclic) bond motifs is 2. The Morgan fingerprint density at radius 2 is 0.907 bits per heavy atom. The summed E-state index contributed by atoms with van der Waals surface area (Å²) in [6.07, 6.45) is 3.61. The molecule has 208 valence electrons. The van der Waals surface area contributed by atoms with Gasteiger partial charge in [-0.25, -0.2) is 9.97 Å². The van der Waals surface area contributed by atoms with Crippen molar-refractivity contribution in [2.24, 2.45) is 10.2 Å². The molecule has 0 unspecified atom stereocenters. The van der Waals surface area contributed by atoms with Crippen molar-refractivity contribution in [1.82, 2.24) is 9.97 Å². The van der Waals surface area contributed by atoms with E-state index in [0.717, 1.165) is 58.9 Å². The number of para-hydroxylation sites is 3. The second-order valence-corrected chi connectivity index (χ2v) is 11.6. The second-order valence-electron chi connectivity index (χ2n) is 9.57. The summed E-state index contributed by atoms with van der Waals surface area (Å²) in [6, 6.07) is 43.1. The zero-order valence-corrected chi connectivity index (χ0v) is 24.5. The van der Waals surface area contributed by atoms with Gasteiger partial charge >= 0.3 is 0 Å². The minimum absolute atomic E-state index is 0.769. The smallest absolute Gasteiger partial charge is 0.204 e. The van der Waals surface area contributed by atoms with E-state index >= 15 is 0 Å². The summed E-state index contributed by atoms with van der Waals surface area (Å²) in [5.41, 5.74) is 13.2. The van der Waals surface area contributed by atoms with Gasteiger partial charge in [-0.15, -0.1) is 0 Å². The number of thiazole rings is 2. The normalized spacial score (nSPS) is 11.5. The molecule has 0 spiro atoms. The summed E-state index contributed by atoms with van der Waals surface area (Å²) in [5, 5.41) is 10.3. The van der Waals surface area contributed by atoms with E-state index in [4.69, 9.17) is 0 Å². The highest BCUT2D eigenvalue weighted by Crippen LogP contribution is 2.34. The van der Waals surface area contributed by atoms with Gasteiger partial charge in [-0.1, -0.05) is 89.4 Å². The van der Waals surface area contributed by atoms with Gasteiger partial charge in [0.05, 0.1) is 32.9 Å². The molecule has 2 heterocycles. The third kappa shape index (κ3) is 6.13. The fraction of sp³-hybridized carbons (Fsp3) is 0. The fourth-order valence-corrected chi connectivity index (χ4v) is 6.24. The van der Waals surface area contributed by atoms with Crippen molar-refractivity contribution in [1.29, 1.82) is 0 Å². The number of anilines is 5. The van der Waals surface area contributed by atoms with Gasteiger partial charge in [0.2, 0.25) is 10.3 Å². The lowest BCUT2D eigenvalue weighted by molar-refractivity contribution is 1.28. The van der Waals surface area contributed by atoms with E-state index in [1.165, 1.54) is 0 Å². The molecular weight excluding hydrogens is 571 g/mol. The molecule has 43 heavy (non-hydrogen) atoms. The standard InChI is InChI=1S/C34H25N7S2/c1-2-8-26(9-3-1)41(27-18-14-24(15-19-27)22-35-39-33-37-29-10-4-6-12-31(29)42-33)28-20-16-25(17-21-28)23-36-40-34-38-30-11-5-7-13-32(30)43-34/h1-23H,(H,37,39)(H,38,40)/b35-22+,36-23+. The van der Waals surface area contributed by atoms with E-state index in [1.54, 1.807) is 35.1 Å². The van der Waals surface area contributed by atoms with Crippen LogP contribution in [0.15, 0.2) is 138 Å². The highest BCUT2D eigenvalue weighted by atomic mass is 32.1. The van der Waals surface area contributed by atoms with Crippen LogP contribution in [0.25, 0.3) is 20.4 Å². The Balaban J connectivity index is 1.06. The maximum atomic E-state index is 4.57. The zero-order chi connectivity index (χ0) is 28.8. The Morgan fingerprint density at radius 1 is 0.488 bits per heavy atom. The van der Waals surface area contributed by atoms with Crippen molar-refractivity contribution in [2.75, 3.05) is 15.8 Å². The molecule has 0 radical (unpaired) electrons. The first-order chi connectivity index (χ1) is 21.3. The van der Waals surface area contributed by atoms with Crippen molar-refractivity contribution in [3.8, 4) is 0 Å². The maximum absolute atomic E-state index is 4.57. The van der Waals surface area contributed by atoms with Crippen LogP contribution in [0.1, 0.15) is 11.1 Å². The molecular formula is C34H25N7S2. The van der Waals surface area contributed by atoms with Gasteiger partial charge in [-0.3, -0.25) is 10.9 Å². The Morgan fingerprint density at radius 3 is 1.37 bits per heavy atom. The average Bonchev–Trinajstić information content (AvgIpc) is 3.67. The molecule has 0 aliphatic heterocycles. The lowest BCUT2D eigenvalue weighted by Crippen LogP contribution is -2.10. The molecule has 0 amide bonds. The number of rotatable bonds is 9. The fourth-order valence-electron chi connectivity index (χ4n) is 4.61. The first-order valence-electron chi connectivity index (χ1n) is 13.6. The van der Waals surface area contributed by atoms with Gasteiger partial charge < -0.3 is 4.90 Å². The van der Waals surface area contributed by atoms with E-state index in [1.807, 2.05) is 54.6 Å². The van der Waals surface area contributed by atoms with Gasteiger partial charge in [0.15, 0.2) is 0 Å². The van der Waals surface area contributed by atoms with Crippen LogP contribution in [0, 0.1) is 0 Å². The molecule has 0 saturated heterocycles. The molecule has 2 aromatic heterocycles. The molecule has 7 rings (SSSR count). The molecule has 0 saturated carbocycles. The Bertz CT molecular complexity index is 1830. The lowest BCUT2D eigenvalue weighted by Gasteiger charge is -2.25. The Kier molecular flexibility index (Phi) is 7.55. The molecule has 2 N–H and O–H groups in total. The Hall–Kier alpha value is -5.38. The number of benzene rings is 5. The number of hydrogen-bond acceptors (Lipinski definition) is 9. The van der Waals surface area contributed by atoms with Crippen molar-refractivity contribution < 1.29 is 0 Å². The van der Waals surface area contributed by atoms with Crippen molar-refractivity contribution in [2.45, 2.75) is 0 Å². The van der Waals surface area contributed by atoms with Crippen LogP contribution in [-0.4, -0.2) is 22.4 Å². The van der Waals surface area contributed by atoms with Gasteiger partial charge in [-0.05, 0) is 71.8 Å². The van der Waals surface area contributed by atoms with Gasteiger partial charge in [-0.2, -0.15) is 10.2 Å². The van der Waals surface area contributed by atoms with Crippen molar-refractivity contribution in [3.05, 3.63) is 139 Å². The molecule has 0 atom stereocenters. The zero-order valence-electron chi connectivity index (χ0n) is 22.8. The van der Waals surface area contributed by atoms with Crippen LogP contribution in [0.2, 0.25) is 0 Å². The third-order valence-electron chi connectivity index (χ3n) is 6.65. The van der Waals surface area contributed by atoms with Crippen LogP contribution in [0.4, 0.5) is 27.3 Å². The molecule has 0 aliphatic carbocycles. The minimum Gasteiger partial charge on any atom is -0.311 e. The van der Waals surface area contributed by atoms with E-state index in [-0.39, 0.29) is 0 Å². The predicted octanol–water partition coefficient (Wildman–Crippen LogP) is 9.27. The van der Waals surface area contributed by atoms with E-state index < -0.39 is 0 Å². The van der Waals surface area contributed by atoms with Gasteiger partial charge in [0.25, 0.3) is 0 Å². The molecule has 5 aromatic carbocycles. The van der Waals surface area contributed by atoms with Crippen LogP contribution >= 0.6 is 22.7 Å². The number of hydrogen-bond donors (Lipinski definition) is 2. The highest BCUT2D eigenvalue weighted by molar-refractivity contribution is 7.22. The van der Waals surface area contributed by atoms with Gasteiger partial charge in [0.1, 0.15) is 0 Å². The van der Waals surface area contributed by atoms with Crippen LogP contribution in [-0.2, 0) is 0 Å². The van der Waals surface area contributed by atoms with E-state index in [2.05, 4.69) is 109 Å². The third-order valence-corrected chi connectivity index (χ3v) is 8.53. The van der Waals surface area contributed by atoms with E-state index in [0.29, 0.717) is 0 Å². The number of hydrazone groups is 2. The summed E-state index contributed by atoms with van der Waals surface area (Å²) in [7, 11) is 0. The molecule has 0 bridgehead atoms. The SMILES string of the molecule is C(=N\Nc1nc2ccccc2s1)/c1ccc(N(c2ccccc2)c2ccc(/C=N/Nc3nc4ccccc4s3)cc2)cc1. The summed E-state index contributed by atoms with van der Waals surface area (Å²) in [6.45, 7) is 0. The molecule has 0 fully saturated rings. The predicted molar refractivity (Wildman–Crippen MR) is 183 cm³/mol. The summed E-state index contributed by atoms with van der Waals surface area (Å²) >= 11 is 3.16. The summed E-state index contributed by atoms with van der Waals surface area (Å²) in [5.74, 6) is 0. The first kappa shape index (κ1) is 26.5. The largest absolute Gasteiger partial charge is 0.311 e. The van der Waals surface area contributed by atoms with Crippen LogP contribution in [0.3, 0.4) is 0 Å². The molecule has 7 nitrogen and oxygen atoms in total. The van der Waals surface area contributed by atoms with Crippen LogP contribution in [0.5, 0.6) is 0 Å². The quantitative estimate of drug-likeness (QED) is 0.128. The van der Waals surface area contributed by atoms with Crippen molar-refractivity contribution in [3.63, 3.8) is 0 Å². The first-order valence-corrected chi connectivity index (χ1v) is 15.3.